The minimum absolute atomic E-state index is 0.0767. The maximum atomic E-state index is 13.3. The molecule has 0 saturated carbocycles. The zero-order valence-corrected chi connectivity index (χ0v) is 12.8. The summed E-state index contributed by atoms with van der Waals surface area (Å²) in [5.74, 6) is -0.377. The zero-order chi connectivity index (χ0) is 15.6. The first kappa shape index (κ1) is 15.9. The van der Waals surface area contributed by atoms with Gasteiger partial charge in [-0.2, -0.15) is 0 Å². The van der Waals surface area contributed by atoms with E-state index in [1.54, 1.807) is 11.0 Å². The van der Waals surface area contributed by atoms with Crippen molar-refractivity contribution in [3.63, 3.8) is 0 Å². The molecule has 1 aromatic carbocycles. The number of benzene rings is 1. The first-order valence-electron chi connectivity index (χ1n) is 7.20. The summed E-state index contributed by atoms with van der Waals surface area (Å²) in [6.07, 6.45) is -0.300. The molecule has 5 heteroatoms. The number of nitrogens with two attached hydrogens (primary N) is 1. The molecule has 1 aliphatic rings. The van der Waals surface area contributed by atoms with Crippen LogP contribution in [0.25, 0.3) is 0 Å². The van der Waals surface area contributed by atoms with E-state index in [-0.39, 0.29) is 23.2 Å². The van der Waals surface area contributed by atoms with Crippen LogP contribution in [-0.2, 0) is 9.53 Å². The highest BCUT2D eigenvalue weighted by molar-refractivity contribution is 5.82. The van der Waals surface area contributed by atoms with E-state index in [2.05, 4.69) is 0 Å². The van der Waals surface area contributed by atoms with Gasteiger partial charge in [0.05, 0.1) is 19.2 Å². The van der Waals surface area contributed by atoms with Gasteiger partial charge in [-0.3, -0.25) is 4.79 Å². The van der Waals surface area contributed by atoms with Crippen molar-refractivity contribution in [2.75, 3.05) is 19.7 Å². The van der Waals surface area contributed by atoms with Crippen LogP contribution in [0.2, 0.25) is 0 Å². The number of ether oxygens (including phenoxy) is 1. The first-order valence-corrected chi connectivity index (χ1v) is 7.20. The van der Waals surface area contributed by atoms with Gasteiger partial charge in [-0.15, -0.1) is 0 Å². The summed E-state index contributed by atoms with van der Waals surface area (Å²) in [6, 6.07) is 5.75. The number of rotatable bonds is 2. The van der Waals surface area contributed by atoms with Crippen LogP contribution in [0, 0.1) is 11.2 Å². The lowest BCUT2D eigenvalue weighted by atomic mass is 9.86. The predicted octanol–water partition coefficient (Wildman–Crippen LogP) is 2.10. The van der Waals surface area contributed by atoms with Crippen LogP contribution < -0.4 is 5.73 Å². The number of amides is 1. The largest absolute Gasteiger partial charge is 0.370 e. The maximum Gasteiger partial charge on any atom is 0.240 e. The summed E-state index contributed by atoms with van der Waals surface area (Å²) < 4.78 is 19.0. The van der Waals surface area contributed by atoms with Gasteiger partial charge in [0.25, 0.3) is 0 Å². The first-order chi connectivity index (χ1) is 9.79. The number of halogens is 1. The van der Waals surface area contributed by atoms with Crippen molar-refractivity contribution in [2.24, 2.45) is 11.1 Å². The van der Waals surface area contributed by atoms with Crippen LogP contribution in [0.1, 0.15) is 32.4 Å². The number of nitrogens with zero attached hydrogens (tertiary/aromatic N) is 1. The lowest BCUT2D eigenvalue weighted by molar-refractivity contribution is -0.142. The van der Waals surface area contributed by atoms with Crippen LogP contribution in [0.15, 0.2) is 24.3 Å². The molecule has 2 atom stereocenters. The molecule has 1 unspecified atom stereocenters. The average Bonchev–Trinajstić information content (AvgIpc) is 2.45. The number of carbonyl (C=O) groups is 1. The monoisotopic (exact) mass is 294 g/mol. The molecule has 0 radical (unpaired) electrons. The normalized spacial score (nSPS) is 21.2. The molecule has 0 spiro atoms. The molecule has 0 aromatic heterocycles. The van der Waals surface area contributed by atoms with Crippen LogP contribution in [0.4, 0.5) is 4.39 Å². The Bertz CT molecular complexity index is 513. The molecule has 2 N–H and O–H groups in total. The van der Waals surface area contributed by atoms with Crippen molar-refractivity contribution in [3.8, 4) is 0 Å². The highest BCUT2D eigenvalue weighted by atomic mass is 19.1. The van der Waals surface area contributed by atoms with Gasteiger partial charge in [0.15, 0.2) is 0 Å². The molecule has 116 valence electrons. The van der Waals surface area contributed by atoms with Gasteiger partial charge in [0.1, 0.15) is 11.9 Å². The van der Waals surface area contributed by atoms with Crippen molar-refractivity contribution in [2.45, 2.75) is 32.9 Å². The van der Waals surface area contributed by atoms with E-state index in [0.717, 1.165) is 5.56 Å². The Morgan fingerprint density at radius 3 is 2.81 bits per heavy atom. The standard InChI is InChI=1S/C16H23FN2O2/c1-16(2,3)14(18)15(20)19-7-8-21-13(10-19)11-5-4-6-12(17)9-11/h4-6,9,13-14H,7-8,10,18H2,1-3H3/t13?,14-/m1/s1. The molecule has 1 amide bonds. The minimum Gasteiger partial charge on any atom is -0.370 e. The predicted molar refractivity (Wildman–Crippen MR) is 79.1 cm³/mol. The van der Waals surface area contributed by atoms with Gasteiger partial charge in [0, 0.05) is 6.54 Å². The summed E-state index contributed by atoms with van der Waals surface area (Å²) >= 11 is 0. The molecular formula is C16H23FN2O2. The molecule has 1 fully saturated rings. The lowest BCUT2D eigenvalue weighted by Crippen LogP contribution is -2.53. The molecule has 4 nitrogen and oxygen atoms in total. The second kappa shape index (κ2) is 6.12. The van der Waals surface area contributed by atoms with E-state index >= 15 is 0 Å². The molecular weight excluding hydrogens is 271 g/mol. The fourth-order valence-electron chi connectivity index (χ4n) is 2.33. The Labute approximate surface area is 125 Å². The molecule has 21 heavy (non-hydrogen) atoms. The van der Waals surface area contributed by atoms with Gasteiger partial charge in [-0.1, -0.05) is 32.9 Å². The Morgan fingerprint density at radius 2 is 2.19 bits per heavy atom. The van der Waals surface area contributed by atoms with Gasteiger partial charge < -0.3 is 15.4 Å². The van der Waals surface area contributed by atoms with Gasteiger partial charge in [-0.25, -0.2) is 4.39 Å². The Hall–Kier alpha value is -1.46. The quantitative estimate of drug-likeness (QED) is 0.909. The third kappa shape index (κ3) is 3.80. The van der Waals surface area contributed by atoms with Gasteiger partial charge >= 0.3 is 0 Å². The van der Waals surface area contributed by atoms with Crippen molar-refractivity contribution in [1.29, 1.82) is 0 Å². The minimum atomic E-state index is -0.552. The van der Waals surface area contributed by atoms with E-state index in [4.69, 9.17) is 10.5 Å². The molecule has 1 aromatic rings. The van der Waals surface area contributed by atoms with Crippen LogP contribution >= 0.6 is 0 Å². The topological polar surface area (TPSA) is 55.6 Å². The smallest absolute Gasteiger partial charge is 0.240 e. The van der Waals surface area contributed by atoms with Gasteiger partial charge in [-0.05, 0) is 23.1 Å². The fraction of sp³-hybridized carbons (Fsp3) is 0.562. The third-order valence-electron chi connectivity index (χ3n) is 3.80. The molecule has 2 rings (SSSR count). The molecule has 0 bridgehead atoms. The summed E-state index contributed by atoms with van der Waals surface area (Å²) in [5, 5.41) is 0. The Morgan fingerprint density at radius 1 is 1.48 bits per heavy atom. The average molecular weight is 294 g/mol. The maximum absolute atomic E-state index is 13.3. The Kier molecular flexibility index (Phi) is 4.64. The number of carbonyl (C=O) groups excluding carboxylic acids is 1. The van der Waals surface area contributed by atoms with E-state index in [9.17, 15) is 9.18 Å². The number of morpholine rings is 1. The summed E-state index contributed by atoms with van der Waals surface area (Å²) in [5.41, 5.74) is 6.50. The lowest BCUT2D eigenvalue weighted by Gasteiger charge is -2.37. The highest BCUT2D eigenvalue weighted by Gasteiger charge is 2.34. The van der Waals surface area contributed by atoms with Crippen LogP contribution in [0.5, 0.6) is 0 Å². The van der Waals surface area contributed by atoms with Crippen molar-refractivity contribution in [3.05, 3.63) is 35.6 Å². The highest BCUT2D eigenvalue weighted by Crippen LogP contribution is 2.25. The van der Waals surface area contributed by atoms with E-state index in [0.29, 0.717) is 19.7 Å². The van der Waals surface area contributed by atoms with E-state index in [1.165, 1.54) is 12.1 Å². The fourth-order valence-corrected chi connectivity index (χ4v) is 2.33. The van der Waals surface area contributed by atoms with Gasteiger partial charge in [0.2, 0.25) is 5.91 Å². The molecule has 1 saturated heterocycles. The summed E-state index contributed by atoms with van der Waals surface area (Å²) in [4.78, 5) is 14.2. The number of hydrogen-bond acceptors (Lipinski definition) is 3. The van der Waals surface area contributed by atoms with Crippen molar-refractivity contribution in [1.82, 2.24) is 4.90 Å². The number of hydrogen-bond donors (Lipinski definition) is 1. The molecule has 1 heterocycles. The van der Waals surface area contributed by atoms with Crippen molar-refractivity contribution < 1.29 is 13.9 Å². The Balaban J connectivity index is 2.09. The van der Waals surface area contributed by atoms with E-state index in [1.807, 2.05) is 26.8 Å². The molecule has 1 aliphatic heterocycles. The molecule has 0 aliphatic carbocycles. The summed E-state index contributed by atoms with van der Waals surface area (Å²) in [6.45, 7) is 7.20. The van der Waals surface area contributed by atoms with Crippen molar-refractivity contribution >= 4 is 5.91 Å². The van der Waals surface area contributed by atoms with E-state index < -0.39 is 6.04 Å². The third-order valence-corrected chi connectivity index (χ3v) is 3.80. The second-order valence-electron chi connectivity index (χ2n) is 6.54. The van der Waals surface area contributed by atoms with Crippen LogP contribution in [-0.4, -0.2) is 36.5 Å². The second-order valence-corrected chi connectivity index (χ2v) is 6.54. The SMILES string of the molecule is CC(C)(C)[C@H](N)C(=O)N1CCOC(c2cccc(F)c2)C1. The summed E-state index contributed by atoms with van der Waals surface area (Å²) in [7, 11) is 0. The van der Waals surface area contributed by atoms with Crippen LogP contribution in [0.3, 0.4) is 0 Å². The zero-order valence-electron chi connectivity index (χ0n) is 12.8.